The van der Waals surface area contributed by atoms with Gasteiger partial charge in [-0.15, -0.1) is 0 Å². The lowest BCUT2D eigenvalue weighted by Crippen LogP contribution is -2.31. The van der Waals surface area contributed by atoms with Gasteiger partial charge in [0.15, 0.2) is 5.78 Å². The maximum atomic E-state index is 13.5. The zero-order valence-electron chi connectivity index (χ0n) is 26.1. The Labute approximate surface area is 258 Å². The number of rotatable bonds is 8. The molecule has 0 aliphatic carbocycles. The van der Waals surface area contributed by atoms with Gasteiger partial charge in [0.2, 0.25) is 0 Å². The molecule has 0 radical (unpaired) electrons. The lowest BCUT2D eigenvalue weighted by Gasteiger charge is -2.28. The van der Waals surface area contributed by atoms with Crippen LogP contribution in [0.2, 0.25) is 0 Å². The Kier molecular flexibility index (Phi) is 11.0. The molecule has 0 saturated carbocycles. The molecule has 2 aromatic rings. The van der Waals surface area contributed by atoms with E-state index in [1.807, 2.05) is 41.5 Å². The number of halogens is 3. The smallest absolute Gasteiger partial charge is 0.490 e. The van der Waals surface area contributed by atoms with Gasteiger partial charge >= 0.3 is 18.1 Å². The average Bonchev–Trinajstić information content (AvgIpc) is 3.19. The molecule has 1 aliphatic heterocycles. The summed E-state index contributed by atoms with van der Waals surface area (Å²) in [6.45, 7) is 13.6. The Morgan fingerprint density at radius 2 is 1.47 bits per heavy atom. The van der Waals surface area contributed by atoms with E-state index >= 15 is 0 Å². The van der Waals surface area contributed by atoms with E-state index in [4.69, 9.17) is 25.2 Å². The first-order valence-corrected chi connectivity index (χ1v) is 13.8. The van der Waals surface area contributed by atoms with Crippen LogP contribution in [-0.2, 0) is 27.0 Å². The topological polar surface area (TPSA) is 177 Å². The van der Waals surface area contributed by atoms with Crippen LogP contribution < -0.4 is 10.1 Å². The molecule has 0 fully saturated rings. The average molecular weight is 638 g/mol. The lowest BCUT2D eigenvalue weighted by atomic mass is 9.78. The normalized spacial score (nSPS) is 13.0. The lowest BCUT2D eigenvalue weighted by molar-refractivity contribution is -0.192. The van der Waals surface area contributed by atoms with Crippen LogP contribution in [-0.4, -0.2) is 75.6 Å². The highest BCUT2D eigenvalue weighted by molar-refractivity contribution is 6.08. The van der Waals surface area contributed by atoms with Crippen LogP contribution in [0, 0.1) is 5.41 Å². The van der Waals surface area contributed by atoms with E-state index in [9.17, 15) is 32.7 Å². The summed E-state index contributed by atoms with van der Waals surface area (Å²) in [4.78, 5) is 47.5. The van der Waals surface area contributed by atoms with Gasteiger partial charge in [0, 0.05) is 28.8 Å². The fourth-order valence-corrected chi connectivity index (χ4v) is 4.47. The maximum Gasteiger partial charge on any atom is 0.490 e. The quantitative estimate of drug-likeness (QED) is 0.253. The number of nitrogens with zero attached hydrogens (tertiary/aromatic N) is 1. The molecule has 5 N–H and O–H groups in total. The number of carboxylic acids is 2. The van der Waals surface area contributed by atoms with Crippen molar-refractivity contribution in [2.45, 2.75) is 72.0 Å². The molecule has 0 atom stereocenters. The molecule has 1 amide bonds. The summed E-state index contributed by atoms with van der Waals surface area (Å²) in [5, 5.41) is 38.0. The van der Waals surface area contributed by atoms with Crippen LogP contribution in [0.3, 0.4) is 0 Å². The Morgan fingerprint density at radius 3 is 1.89 bits per heavy atom. The summed E-state index contributed by atoms with van der Waals surface area (Å²) in [6, 6.07) is 6.65. The molecule has 1 heterocycles. The van der Waals surface area contributed by atoms with Crippen molar-refractivity contribution in [3.05, 3.63) is 57.6 Å². The Hall–Kier alpha value is -4.62. The van der Waals surface area contributed by atoms with E-state index in [0.717, 1.165) is 5.56 Å². The van der Waals surface area contributed by atoms with E-state index in [-0.39, 0.29) is 46.9 Å². The summed E-state index contributed by atoms with van der Waals surface area (Å²) < 4.78 is 37.4. The van der Waals surface area contributed by atoms with Crippen molar-refractivity contribution >= 4 is 29.5 Å². The largest absolute Gasteiger partial charge is 0.507 e. The van der Waals surface area contributed by atoms with E-state index in [2.05, 4.69) is 5.32 Å². The van der Waals surface area contributed by atoms with Gasteiger partial charge in [-0.25, -0.2) is 4.79 Å². The minimum atomic E-state index is -5.08. The molecule has 1 aliphatic rings. The van der Waals surface area contributed by atoms with Gasteiger partial charge < -0.3 is 30.3 Å². The predicted octanol–water partition coefficient (Wildman–Crippen LogP) is 4.86. The summed E-state index contributed by atoms with van der Waals surface area (Å²) >= 11 is 0. The Balaban J connectivity index is 0.000000900. The van der Waals surface area contributed by atoms with E-state index in [1.54, 1.807) is 30.0 Å². The minimum Gasteiger partial charge on any atom is -0.507 e. The number of hydrogen-bond acceptors (Lipinski definition) is 7. The second-order valence-corrected chi connectivity index (χ2v) is 12.4. The van der Waals surface area contributed by atoms with Crippen LogP contribution >= 0.6 is 0 Å². The summed E-state index contributed by atoms with van der Waals surface area (Å²) in [7, 11) is 0. The molecular weight excluding hydrogens is 599 g/mol. The zero-order valence-corrected chi connectivity index (χ0v) is 26.1. The molecule has 45 heavy (non-hydrogen) atoms. The number of nitrogens with one attached hydrogen (secondary N) is 2. The van der Waals surface area contributed by atoms with Gasteiger partial charge in [0.25, 0.3) is 5.91 Å². The zero-order chi connectivity index (χ0) is 34.7. The Morgan fingerprint density at radius 1 is 0.956 bits per heavy atom. The first kappa shape index (κ1) is 36.6. The van der Waals surface area contributed by atoms with Crippen LogP contribution in [0.5, 0.6) is 11.5 Å². The summed E-state index contributed by atoms with van der Waals surface area (Å²) in [5.74, 6) is -4.16. The van der Waals surface area contributed by atoms with Crippen LogP contribution in [0.1, 0.15) is 91.4 Å². The molecule has 0 spiro atoms. The third-order valence-electron chi connectivity index (χ3n) is 6.71. The molecule has 0 saturated heterocycles. The number of phenolic OH excluding ortho intramolecular Hbond substituents is 1. The fourth-order valence-electron chi connectivity index (χ4n) is 4.47. The van der Waals surface area contributed by atoms with Crippen LogP contribution in [0.15, 0.2) is 24.3 Å². The number of phenols is 1. The standard InChI is InChI=1S/C29H37N3O6.C2HF3O2/c1-8-38-23-11-17-14-32(26(30)18(17)12-19(23)27(37)31-13-24(34)35)15-22(33)16-9-20(28(2,3)4)25(36)21(10-16)29(5,6)7;3-2(4,5)1(6)7/h9-12,30,36H,8,13-15H2,1-7H3,(H,31,37)(H,34,35);(H,6,7). The van der Waals surface area contributed by atoms with E-state index in [1.165, 1.54) is 6.07 Å². The highest BCUT2D eigenvalue weighted by atomic mass is 19.4. The number of fused-ring (bicyclic) bond motifs is 1. The highest BCUT2D eigenvalue weighted by Crippen LogP contribution is 2.40. The van der Waals surface area contributed by atoms with Crippen molar-refractivity contribution in [1.82, 2.24) is 10.2 Å². The molecule has 0 aromatic heterocycles. The van der Waals surface area contributed by atoms with Crippen molar-refractivity contribution < 1.29 is 52.4 Å². The van der Waals surface area contributed by atoms with Gasteiger partial charge in [-0.2, -0.15) is 13.2 Å². The molecule has 11 nitrogen and oxygen atoms in total. The number of carbonyl (C=O) groups excluding carboxylic acids is 2. The van der Waals surface area contributed by atoms with E-state index < -0.39 is 30.6 Å². The number of ketones is 1. The highest BCUT2D eigenvalue weighted by Gasteiger charge is 2.38. The van der Waals surface area contributed by atoms with Crippen molar-refractivity contribution in [2.75, 3.05) is 19.7 Å². The molecule has 0 bridgehead atoms. The molecular formula is C31H38F3N3O8. The number of hydrogen-bond donors (Lipinski definition) is 5. The summed E-state index contributed by atoms with van der Waals surface area (Å²) in [5.41, 5.74) is 2.42. The van der Waals surface area contributed by atoms with Crippen molar-refractivity contribution in [3.8, 4) is 11.5 Å². The number of benzene rings is 2. The minimum absolute atomic E-state index is 0.0596. The molecule has 246 valence electrons. The number of amides is 1. The van der Waals surface area contributed by atoms with Crippen molar-refractivity contribution in [2.24, 2.45) is 0 Å². The van der Waals surface area contributed by atoms with Crippen LogP contribution in [0.4, 0.5) is 13.2 Å². The van der Waals surface area contributed by atoms with Gasteiger partial charge in [-0.1, -0.05) is 41.5 Å². The second-order valence-electron chi connectivity index (χ2n) is 12.4. The number of ether oxygens (including phenoxy) is 1. The van der Waals surface area contributed by atoms with E-state index in [0.29, 0.717) is 34.6 Å². The van der Waals surface area contributed by atoms with Gasteiger partial charge in [-0.05, 0) is 47.6 Å². The first-order chi connectivity index (χ1) is 20.5. The third-order valence-corrected chi connectivity index (χ3v) is 6.71. The van der Waals surface area contributed by atoms with Gasteiger partial charge in [0.05, 0.1) is 18.7 Å². The number of carboxylic acid groups (broad SMARTS) is 2. The third kappa shape index (κ3) is 9.19. The molecule has 2 aromatic carbocycles. The monoisotopic (exact) mass is 637 g/mol. The number of Topliss-reactive ketones (excluding diaryl/α,β-unsaturated/α-hetero) is 1. The SMILES string of the molecule is CCOc1cc2c(cc1C(=O)NCC(=O)O)C(=N)N(CC(=O)c1cc(C(C)(C)C)c(O)c(C(C)(C)C)c1)C2.O=C(O)C(F)(F)F. The number of amidine groups is 1. The predicted molar refractivity (Wildman–Crippen MR) is 158 cm³/mol. The number of alkyl halides is 3. The number of carbonyl (C=O) groups is 4. The van der Waals surface area contributed by atoms with Crippen molar-refractivity contribution in [3.63, 3.8) is 0 Å². The maximum absolute atomic E-state index is 13.5. The Bertz CT molecular complexity index is 1470. The van der Waals surface area contributed by atoms with Gasteiger partial charge in [-0.3, -0.25) is 19.8 Å². The number of aromatic hydroxyl groups is 1. The van der Waals surface area contributed by atoms with Crippen LogP contribution in [0.25, 0.3) is 0 Å². The van der Waals surface area contributed by atoms with Crippen molar-refractivity contribution in [1.29, 1.82) is 5.41 Å². The second kappa shape index (κ2) is 13.6. The summed E-state index contributed by atoms with van der Waals surface area (Å²) in [6.07, 6.45) is -5.08. The molecule has 3 rings (SSSR count). The number of aliphatic carboxylic acids is 2. The van der Waals surface area contributed by atoms with Gasteiger partial charge in [0.1, 0.15) is 23.9 Å². The first-order valence-electron chi connectivity index (χ1n) is 13.8. The fraction of sp³-hybridized carbons (Fsp3) is 0.452. The molecule has 0 unspecified atom stereocenters. The molecule has 14 heteroatoms.